The first-order valence-electron chi connectivity index (χ1n) is 4.83. The average Bonchev–Trinajstić information content (AvgIpc) is 2.62. The molecule has 0 aliphatic heterocycles. The largest absolute Gasteiger partial charge is 0.320 e. The highest BCUT2D eigenvalue weighted by Gasteiger charge is 2.13. The van der Waals surface area contributed by atoms with E-state index in [1.807, 2.05) is 18.2 Å². The van der Waals surface area contributed by atoms with Gasteiger partial charge in [-0.15, -0.1) is 11.3 Å². The molecular formula is C12H11BrClNS. The van der Waals surface area contributed by atoms with Crippen molar-refractivity contribution >= 4 is 38.9 Å². The van der Waals surface area contributed by atoms with E-state index in [9.17, 15) is 0 Å². The number of benzene rings is 1. The third-order valence-corrected chi connectivity index (χ3v) is 4.21. The standard InChI is InChI=1S/C12H11BrClNS/c1-7-2-3-16-12(7)11(15)8-4-9(13)6-10(14)5-8/h2-6,11H,15H2,1H3. The summed E-state index contributed by atoms with van der Waals surface area (Å²) in [5.41, 5.74) is 8.49. The second kappa shape index (κ2) is 4.88. The molecular weight excluding hydrogens is 306 g/mol. The molecule has 0 bridgehead atoms. The lowest BCUT2D eigenvalue weighted by molar-refractivity contribution is 0.884. The van der Waals surface area contributed by atoms with Gasteiger partial charge in [0.15, 0.2) is 0 Å². The normalized spacial score (nSPS) is 12.8. The van der Waals surface area contributed by atoms with Crippen LogP contribution in [-0.2, 0) is 0 Å². The molecule has 0 saturated carbocycles. The minimum Gasteiger partial charge on any atom is -0.320 e. The highest BCUT2D eigenvalue weighted by atomic mass is 79.9. The number of rotatable bonds is 2. The number of hydrogen-bond donors (Lipinski definition) is 1. The molecule has 0 amide bonds. The summed E-state index contributed by atoms with van der Waals surface area (Å²) in [6, 6.07) is 7.76. The Kier molecular flexibility index (Phi) is 3.70. The number of aryl methyl sites for hydroxylation is 1. The van der Waals surface area contributed by atoms with Crippen LogP contribution in [0.15, 0.2) is 34.1 Å². The van der Waals surface area contributed by atoms with Crippen molar-refractivity contribution < 1.29 is 0 Å². The smallest absolute Gasteiger partial charge is 0.0649 e. The fourth-order valence-electron chi connectivity index (χ4n) is 1.61. The van der Waals surface area contributed by atoms with Crippen LogP contribution < -0.4 is 5.73 Å². The monoisotopic (exact) mass is 315 g/mol. The lowest BCUT2D eigenvalue weighted by Gasteiger charge is -2.12. The Bertz CT molecular complexity index is 489. The molecule has 1 heterocycles. The Hall–Kier alpha value is -0.350. The first-order chi connectivity index (χ1) is 7.58. The highest BCUT2D eigenvalue weighted by molar-refractivity contribution is 9.10. The van der Waals surface area contributed by atoms with Gasteiger partial charge in [0.2, 0.25) is 0 Å². The molecule has 2 rings (SSSR count). The van der Waals surface area contributed by atoms with Gasteiger partial charge in [-0.05, 0) is 47.7 Å². The maximum Gasteiger partial charge on any atom is 0.0649 e. The maximum atomic E-state index is 6.23. The fourth-order valence-corrected chi connectivity index (χ4v) is 3.45. The van der Waals surface area contributed by atoms with Crippen molar-refractivity contribution in [2.45, 2.75) is 13.0 Å². The zero-order chi connectivity index (χ0) is 11.7. The van der Waals surface area contributed by atoms with Crippen molar-refractivity contribution in [1.82, 2.24) is 0 Å². The van der Waals surface area contributed by atoms with Crippen LogP contribution in [0.25, 0.3) is 0 Å². The molecule has 0 aliphatic carbocycles. The summed E-state index contributed by atoms with van der Waals surface area (Å²) in [6.45, 7) is 2.07. The SMILES string of the molecule is Cc1ccsc1C(N)c1cc(Cl)cc(Br)c1. The van der Waals surface area contributed by atoms with Crippen LogP contribution in [0.5, 0.6) is 0 Å². The van der Waals surface area contributed by atoms with E-state index >= 15 is 0 Å². The Morgan fingerprint density at radius 2 is 2.12 bits per heavy atom. The Morgan fingerprint density at radius 1 is 1.38 bits per heavy atom. The third-order valence-electron chi connectivity index (χ3n) is 2.43. The van der Waals surface area contributed by atoms with Gasteiger partial charge < -0.3 is 5.73 Å². The summed E-state index contributed by atoms with van der Waals surface area (Å²) in [4.78, 5) is 1.19. The molecule has 1 aromatic heterocycles. The summed E-state index contributed by atoms with van der Waals surface area (Å²) in [5, 5.41) is 2.76. The number of thiophene rings is 1. The molecule has 16 heavy (non-hydrogen) atoms. The number of nitrogens with two attached hydrogens (primary N) is 1. The van der Waals surface area contributed by atoms with Crippen molar-refractivity contribution in [1.29, 1.82) is 0 Å². The van der Waals surface area contributed by atoms with Gasteiger partial charge in [0.1, 0.15) is 0 Å². The summed E-state index contributed by atoms with van der Waals surface area (Å²) in [6.07, 6.45) is 0. The first-order valence-corrected chi connectivity index (χ1v) is 6.88. The van der Waals surface area contributed by atoms with E-state index in [2.05, 4.69) is 34.3 Å². The van der Waals surface area contributed by atoms with E-state index in [1.54, 1.807) is 11.3 Å². The quantitative estimate of drug-likeness (QED) is 0.866. The van der Waals surface area contributed by atoms with Gasteiger partial charge in [-0.25, -0.2) is 0 Å². The average molecular weight is 317 g/mol. The molecule has 2 N–H and O–H groups in total. The van der Waals surface area contributed by atoms with Crippen LogP contribution in [0.1, 0.15) is 22.0 Å². The summed E-state index contributed by atoms with van der Waals surface area (Å²) in [7, 11) is 0. The van der Waals surface area contributed by atoms with E-state index in [0.717, 1.165) is 10.0 Å². The topological polar surface area (TPSA) is 26.0 Å². The van der Waals surface area contributed by atoms with Gasteiger partial charge in [-0.1, -0.05) is 27.5 Å². The van der Waals surface area contributed by atoms with Gasteiger partial charge in [-0.3, -0.25) is 0 Å². The summed E-state index contributed by atoms with van der Waals surface area (Å²) < 4.78 is 0.958. The third kappa shape index (κ3) is 2.48. The molecule has 0 fully saturated rings. The molecule has 1 unspecified atom stereocenters. The fraction of sp³-hybridized carbons (Fsp3) is 0.167. The van der Waals surface area contributed by atoms with Gasteiger partial charge in [0.05, 0.1) is 6.04 Å². The number of hydrogen-bond acceptors (Lipinski definition) is 2. The molecule has 84 valence electrons. The molecule has 0 saturated heterocycles. The molecule has 2 aromatic rings. The predicted octanol–water partition coefficient (Wildman–Crippen LogP) is 4.52. The predicted molar refractivity (Wildman–Crippen MR) is 74.2 cm³/mol. The Morgan fingerprint density at radius 3 is 2.69 bits per heavy atom. The van der Waals surface area contributed by atoms with E-state index in [1.165, 1.54) is 10.4 Å². The Balaban J connectivity index is 2.41. The molecule has 0 spiro atoms. The summed E-state index contributed by atoms with van der Waals surface area (Å²) in [5.74, 6) is 0. The van der Waals surface area contributed by atoms with Gasteiger partial charge in [0.25, 0.3) is 0 Å². The van der Waals surface area contributed by atoms with Crippen LogP contribution >= 0.6 is 38.9 Å². The molecule has 1 atom stereocenters. The molecule has 4 heteroatoms. The highest BCUT2D eigenvalue weighted by Crippen LogP contribution is 2.30. The van der Waals surface area contributed by atoms with Gasteiger partial charge in [-0.2, -0.15) is 0 Å². The maximum absolute atomic E-state index is 6.23. The van der Waals surface area contributed by atoms with Crippen LogP contribution in [0.3, 0.4) is 0 Å². The summed E-state index contributed by atoms with van der Waals surface area (Å²) >= 11 is 11.1. The Labute approximate surface area is 112 Å². The first kappa shape index (κ1) is 12.1. The minimum atomic E-state index is -0.102. The minimum absolute atomic E-state index is 0.102. The lowest BCUT2D eigenvalue weighted by Crippen LogP contribution is -2.11. The molecule has 1 nitrogen and oxygen atoms in total. The zero-order valence-corrected chi connectivity index (χ0v) is 11.9. The van der Waals surface area contributed by atoms with E-state index in [-0.39, 0.29) is 6.04 Å². The second-order valence-corrected chi connectivity index (χ2v) is 5.95. The lowest BCUT2D eigenvalue weighted by atomic mass is 10.0. The van der Waals surface area contributed by atoms with Gasteiger partial charge in [0, 0.05) is 14.4 Å². The van der Waals surface area contributed by atoms with Gasteiger partial charge >= 0.3 is 0 Å². The molecule has 0 radical (unpaired) electrons. The van der Waals surface area contributed by atoms with Crippen molar-refractivity contribution in [2.24, 2.45) is 5.73 Å². The second-order valence-electron chi connectivity index (χ2n) is 3.65. The van der Waals surface area contributed by atoms with E-state index in [0.29, 0.717) is 5.02 Å². The van der Waals surface area contributed by atoms with Crippen molar-refractivity contribution in [3.8, 4) is 0 Å². The van der Waals surface area contributed by atoms with Crippen molar-refractivity contribution in [3.63, 3.8) is 0 Å². The van der Waals surface area contributed by atoms with Crippen LogP contribution in [0.4, 0.5) is 0 Å². The van der Waals surface area contributed by atoms with Crippen LogP contribution in [-0.4, -0.2) is 0 Å². The molecule has 0 aliphatic rings. The number of halogens is 2. The van der Waals surface area contributed by atoms with E-state index < -0.39 is 0 Å². The van der Waals surface area contributed by atoms with Crippen LogP contribution in [0.2, 0.25) is 5.02 Å². The van der Waals surface area contributed by atoms with E-state index in [4.69, 9.17) is 17.3 Å². The van der Waals surface area contributed by atoms with Crippen molar-refractivity contribution in [2.75, 3.05) is 0 Å². The zero-order valence-electron chi connectivity index (χ0n) is 8.71. The van der Waals surface area contributed by atoms with Crippen LogP contribution in [0, 0.1) is 6.92 Å². The molecule has 1 aromatic carbocycles. The van der Waals surface area contributed by atoms with Crippen molar-refractivity contribution in [3.05, 3.63) is 55.1 Å².